The summed E-state index contributed by atoms with van der Waals surface area (Å²) in [5, 5.41) is 10.5. The average molecular weight is 325 g/mol. The Kier molecular flexibility index (Phi) is 6.54. The van der Waals surface area contributed by atoms with Gasteiger partial charge in [-0.25, -0.2) is 14.5 Å². The molecule has 0 unspecified atom stereocenters. The number of aromatic nitrogens is 3. The lowest BCUT2D eigenvalue weighted by atomic mass is 10.1. The molecule has 7 heteroatoms. The van der Waals surface area contributed by atoms with E-state index in [1.165, 1.54) is 0 Å². The van der Waals surface area contributed by atoms with Crippen LogP contribution in [0.5, 0.6) is 0 Å². The number of thioether (sulfide) groups is 1. The SMILES string of the molecule is CCSCCCNC(=O)N[C@H]1CCc2nc(C(C)C)nn2C1. The zero-order valence-corrected chi connectivity index (χ0v) is 14.6. The van der Waals surface area contributed by atoms with Crippen LogP contribution in [0.2, 0.25) is 0 Å². The van der Waals surface area contributed by atoms with Crippen molar-refractivity contribution < 1.29 is 4.79 Å². The molecule has 6 nitrogen and oxygen atoms in total. The van der Waals surface area contributed by atoms with Crippen LogP contribution < -0.4 is 10.6 Å². The molecule has 2 rings (SSSR count). The molecular formula is C15H27N5OS. The predicted molar refractivity (Wildman–Crippen MR) is 90.4 cm³/mol. The molecule has 0 bridgehead atoms. The van der Waals surface area contributed by atoms with Gasteiger partial charge in [-0.15, -0.1) is 0 Å². The molecule has 0 aromatic carbocycles. The summed E-state index contributed by atoms with van der Waals surface area (Å²) in [6, 6.07) is 0.0679. The molecule has 1 aromatic heterocycles. The molecule has 0 aliphatic carbocycles. The first-order chi connectivity index (χ1) is 10.6. The van der Waals surface area contributed by atoms with Crippen molar-refractivity contribution >= 4 is 17.8 Å². The van der Waals surface area contributed by atoms with E-state index in [9.17, 15) is 4.79 Å². The Labute approximate surface area is 136 Å². The summed E-state index contributed by atoms with van der Waals surface area (Å²) in [7, 11) is 0. The van der Waals surface area contributed by atoms with Gasteiger partial charge in [0, 0.05) is 18.9 Å². The second-order valence-corrected chi connectivity index (χ2v) is 7.30. The molecule has 1 aromatic rings. The van der Waals surface area contributed by atoms with Gasteiger partial charge in [-0.05, 0) is 24.3 Å². The van der Waals surface area contributed by atoms with Crippen molar-refractivity contribution in [3.05, 3.63) is 11.6 Å². The molecule has 1 atom stereocenters. The Balaban J connectivity index is 1.74. The number of amides is 2. The zero-order valence-electron chi connectivity index (χ0n) is 13.8. The lowest BCUT2D eigenvalue weighted by molar-refractivity contribution is 0.232. The average Bonchev–Trinajstić information content (AvgIpc) is 2.90. The summed E-state index contributed by atoms with van der Waals surface area (Å²) >= 11 is 1.90. The number of hydrogen-bond acceptors (Lipinski definition) is 4. The van der Waals surface area contributed by atoms with Crippen LogP contribution in [0.3, 0.4) is 0 Å². The Morgan fingerprint density at radius 3 is 3.05 bits per heavy atom. The standard InChI is InChI=1S/C15H27N5OS/c1-4-22-9-5-8-16-15(21)17-12-6-7-13-18-14(11(2)3)19-20(13)10-12/h11-12H,4-10H2,1-3H3,(H2,16,17,21)/t12-/m0/s1. The number of carbonyl (C=O) groups excluding carboxylic acids is 1. The number of aryl methyl sites for hydroxylation is 1. The van der Waals surface area contributed by atoms with Gasteiger partial charge >= 0.3 is 6.03 Å². The normalized spacial score (nSPS) is 17.4. The molecule has 2 heterocycles. The van der Waals surface area contributed by atoms with Crippen molar-refractivity contribution in [1.29, 1.82) is 0 Å². The highest BCUT2D eigenvalue weighted by Gasteiger charge is 2.23. The molecular weight excluding hydrogens is 298 g/mol. The van der Waals surface area contributed by atoms with E-state index >= 15 is 0 Å². The molecule has 0 spiro atoms. The van der Waals surface area contributed by atoms with Crippen LogP contribution in [-0.2, 0) is 13.0 Å². The zero-order chi connectivity index (χ0) is 15.9. The molecule has 1 aliphatic rings. The van der Waals surface area contributed by atoms with Crippen LogP contribution in [0.1, 0.15) is 51.2 Å². The van der Waals surface area contributed by atoms with Crippen LogP contribution >= 0.6 is 11.8 Å². The summed E-state index contributed by atoms with van der Waals surface area (Å²) < 4.78 is 1.95. The summed E-state index contributed by atoms with van der Waals surface area (Å²) in [5.74, 6) is 4.51. The molecule has 124 valence electrons. The van der Waals surface area contributed by atoms with Crippen molar-refractivity contribution in [2.45, 2.75) is 58.5 Å². The fourth-order valence-corrected chi connectivity index (χ4v) is 3.08. The monoisotopic (exact) mass is 325 g/mol. The highest BCUT2D eigenvalue weighted by Crippen LogP contribution is 2.16. The van der Waals surface area contributed by atoms with Crippen LogP contribution in [0, 0.1) is 0 Å². The van der Waals surface area contributed by atoms with Crippen molar-refractivity contribution in [2.75, 3.05) is 18.1 Å². The van der Waals surface area contributed by atoms with Crippen LogP contribution in [0.4, 0.5) is 4.79 Å². The van der Waals surface area contributed by atoms with Crippen LogP contribution in [0.15, 0.2) is 0 Å². The van der Waals surface area contributed by atoms with Gasteiger partial charge in [-0.2, -0.15) is 16.9 Å². The molecule has 1 aliphatic heterocycles. The Bertz CT molecular complexity index is 488. The Hall–Kier alpha value is -1.24. The first-order valence-corrected chi connectivity index (χ1v) is 9.31. The van der Waals surface area contributed by atoms with Gasteiger partial charge in [-0.1, -0.05) is 20.8 Å². The minimum atomic E-state index is -0.0702. The number of hydrogen-bond donors (Lipinski definition) is 2. The van der Waals surface area contributed by atoms with Gasteiger partial charge < -0.3 is 10.6 Å². The molecule has 2 amide bonds. The summed E-state index contributed by atoms with van der Waals surface area (Å²) in [5.41, 5.74) is 0. The Morgan fingerprint density at radius 2 is 2.32 bits per heavy atom. The minimum Gasteiger partial charge on any atom is -0.338 e. The third-order valence-corrected chi connectivity index (χ3v) is 4.67. The number of nitrogens with one attached hydrogen (secondary N) is 2. The van der Waals surface area contributed by atoms with E-state index in [-0.39, 0.29) is 12.1 Å². The molecule has 0 fully saturated rings. The van der Waals surface area contributed by atoms with Gasteiger partial charge in [0.15, 0.2) is 5.82 Å². The van der Waals surface area contributed by atoms with Crippen molar-refractivity contribution in [1.82, 2.24) is 25.4 Å². The predicted octanol–water partition coefficient (Wildman–Crippen LogP) is 2.16. The third kappa shape index (κ3) is 4.90. The van der Waals surface area contributed by atoms with Gasteiger partial charge in [0.05, 0.1) is 12.6 Å². The number of nitrogens with zero attached hydrogens (tertiary/aromatic N) is 3. The van der Waals surface area contributed by atoms with E-state index in [1.807, 2.05) is 16.4 Å². The largest absolute Gasteiger partial charge is 0.338 e. The summed E-state index contributed by atoms with van der Waals surface area (Å²) in [6.45, 7) is 7.80. The van der Waals surface area contributed by atoms with Gasteiger partial charge in [0.1, 0.15) is 5.82 Å². The van der Waals surface area contributed by atoms with E-state index < -0.39 is 0 Å². The van der Waals surface area contributed by atoms with E-state index in [0.29, 0.717) is 12.5 Å². The van der Waals surface area contributed by atoms with E-state index in [4.69, 9.17) is 0 Å². The summed E-state index contributed by atoms with van der Waals surface area (Å²) in [4.78, 5) is 16.5. The molecule has 0 saturated carbocycles. The number of carbonyl (C=O) groups is 1. The maximum Gasteiger partial charge on any atom is 0.315 e. The second kappa shape index (κ2) is 8.41. The quantitative estimate of drug-likeness (QED) is 0.754. The molecule has 22 heavy (non-hydrogen) atoms. The smallest absolute Gasteiger partial charge is 0.315 e. The molecule has 0 saturated heterocycles. The molecule has 2 N–H and O–H groups in total. The van der Waals surface area contributed by atoms with Crippen molar-refractivity contribution in [3.63, 3.8) is 0 Å². The van der Waals surface area contributed by atoms with E-state index in [1.54, 1.807) is 0 Å². The number of fused-ring (bicyclic) bond motifs is 1. The lowest BCUT2D eigenvalue weighted by Crippen LogP contribution is -2.46. The van der Waals surface area contributed by atoms with E-state index in [2.05, 4.69) is 41.5 Å². The van der Waals surface area contributed by atoms with E-state index in [0.717, 1.165) is 49.0 Å². The van der Waals surface area contributed by atoms with Crippen molar-refractivity contribution in [2.24, 2.45) is 0 Å². The lowest BCUT2D eigenvalue weighted by Gasteiger charge is -2.23. The topological polar surface area (TPSA) is 71.8 Å². The first kappa shape index (κ1) is 17.1. The number of urea groups is 1. The van der Waals surface area contributed by atoms with Gasteiger partial charge in [0.25, 0.3) is 0 Å². The van der Waals surface area contributed by atoms with Crippen molar-refractivity contribution in [3.8, 4) is 0 Å². The summed E-state index contributed by atoms with van der Waals surface area (Å²) in [6.07, 6.45) is 2.81. The number of rotatable bonds is 7. The minimum absolute atomic E-state index is 0.0702. The highest BCUT2D eigenvalue weighted by molar-refractivity contribution is 7.99. The fourth-order valence-electron chi connectivity index (χ4n) is 2.45. The maximum absolute atomic E-state index is 11.9. The molecule has 0 radical (unpaired) electrons. The second-order valence-electron chi connectivity index (χ2n) is 5.91. The van der Waals surface area contributed by atoms with Gasteiger partial charge in [-0.3, -0.25) is 0 Å². The Morgan fingerprint density at radius 1 is 1.50 bits per heavy atom. The maximum atomic E-state index is 11.9. The fraction of sp³-hybridized carbons (Fsp3) is 0.800. The van der Waals surface area contributed by atoms with Crippen LogP contribution in [-0.4, -0.2) is 44.9 Å². The van der Waals surface area contributed by atoms with Gasteiger partial charge in [0.2, 0.25) is 0 Å². The third-order valence-electron chi connectivity index (χ3n) is 3.68. The first-order valence-electron chi connectivity index (χ1n) is 8.15. The van der Waals surface area contributed by atoms with Crippen LogP contribution in [0.25, 0.3) is 0 Å². The highest BCUT2D eigenvalue weighted by atomic mass is 32.2.